The highest BCUT2D eigenvalue weighted by Gasteiger charge is 2.10. The van der Waals surface area contributed by atoms with Gasteiger partial charge < -0.3 is 4.74 Å². The molecule has 2 amide bonds. The molecule has 166 valence electrons. The zero-order valence-electron chi connectivity index (χ0n) is 18.0. The molecule has 0 atom stereocenters. The number of rotatable bonds is 8. The summed E-state index contributed by atoms with van der Waals surface area (Å²) >= 11 is 0. The number of hydrazine groups is 1. The van der Waals surface area contributed by atoms with Crippen LogP contribution < -0.4 is 15.6 Å². The van der Waals surface area contributed by atoms with Crippen LogP contribution in [0.1, 0.15) is 27.0 Å². The van der Waals surface area contributed by atoms with Crippen LogP contribution in [0.3, 0.4) is 0 Å². The topological polar surface area (TPSA) is 85.3 Å². The van der Waals surface area contributed by atoms with E-state index in [9.17, 15) is 9.59 Å². The largest absolute Gasteiger partial charge is 0.483 e. The second-order valence-corrected chi connectivity index (χ2v) is 7.46. The molecule has 0 spiro atoms. The lowest BCUT2D eigenvalue weighted by atomic mass is 10.0. The molecular weight excluding hydrogens is 416 g/mol. The van der Waals surface area contributed by atoms with E-state index in [0.717, 1.165) is 16.7 Å². The average Bonchev–Trinajstić information content (AvgIpc) is 3.36. The van der Waals surface area contributed by atoms with Gasteiger partial charge in [0.2, 0.25) is 0 Å². The highest BCUT2D eigenvalue weighted by Crippen LogP contribution is 2.21. The second kappa shape index (κ2) is 10.8. The summed E-state index contributed by atoms with van der Waals surface area (Å²) in [6.45, 7) is 0.406. The molecule has 4 aromatic rings. The Morgan fingerprint density at radius 1 is 0.818 bits per heavy atom. The number of nitrogens with zero attached hydrogens (tertiary/aromatic N) is 2. The molecule has 0 saturated heterocycles. The number of hydrogen-bond donors (Lipinski definition) is 2. The summed E-state index contributed by atoms with van der Waals surface area (Å²) in [6.07, 6.45) is 4.29. The fourth-order valence-corrected chi connectivity index (χ4v) is 3.33. The van der Waals surface area contributed by atoms with Crippen LogP contribution in [0, 0.1) is 0 Å². The number of aromatic nitrogens is 2. The monoisotopic (exact) mass is 440 g/mol. The molecule has 0 fully saturated rings. The molecule has 1 aromatic heterocycles. The Hall–Kier alpha value is -4.39. The van der Waals surface area contributed by atoms with Gasteiger partial charge >= 0.3 is 0 Å². The Morgan fingerprint density at radius 2 is 1.58 bits per heavy atom. The standard InChI is InChI=1S/C26H24N4O3/c31-25(19-33-24-10-5-4-9-23(24)17-20-7-2-1-3-8-20)28-29-26(32)22-13-11-21(12-14-22)18-30-16-6-15-27-30/h1-16H,17-19H2,(H,28,31)(H,29,32). The predicted molar refractivity (Wildman–Crippen MR) is 125 cm³/mol. The highest BCUT2D eigenvalue weighted by atomic mass is 16.5. The van der Waals surface area contributed by atoms with Crippen LogP contribution >= 0.6 is 0 Å². The molecule has 1 heterocycles. The van der Waals surface area contributed by atoms with E-state index in [2.05, 4.69) is 16.0 Å². The molecular formula is C26H24N4O3. The summed E-state index contributed by atoms with van der Waals surface area (Å²) in [4.78, 5) is 24.5. The molecule has 7 heteroatoms. The lowest BCUT2D eigenvalue weighted by Crippen LogP contribution is -2.43. The quantitative estimate of drug-likeness (QED) is 0.412. The van der Waals surface area contributed by atoms with Gasteiger partial charge in [0.15, 0.2) is 6.61 Å². The highest BCUT2D eigenvalue weighted by molar-refractivity contribution is 5.95. The first-order valence-corrected chi connectivity index (χ1v) is 10.6. The number of carbonyl (C=O) groups excluding carboxylic acids is 2. The number of carbonyl (C=O) groups is 2. The van der Waals surface area contributed by atoms with Crippen LogP contribution in [0.2, 0.25) is 0 Å². The van der Waals surface area contributed by atoms with Gasteiger partial charge in [0.1, 0.15) is 5.75 Å². The number of ether oxygens (including phenoxy) is 1. The second-order valence-electron chi connectivity index (χ2n) is 7.46. The van der Waals surface area contributed by atoms with E-state index in [1.54, 1.807) is 23.0 Å². The van der Waals surface area contributed by atoms with Gasteiger partial charge in [0.25, 0.3) is 11.8 Å². The molecule has 0 bridgehead atoms. The number of amides is 2. The molecule has 3 aromatic carbocycles. The molecule has 0 aliphatic rings. The van der Waals surface area contributed by atoms with Crippen LogP contribution in [-0.4, -0.2) is 28.2 Å². The van der Waals surface area contributed by atoms with Crippen molar-refractivity contribution < 1.29 is 14.3 Å². The van der Waals surface area contributed by atoms with E-state index < -0.39 is 11.8 Å². The van der Waals surface area contributed by atoms with Gasteiger partial charge in [-0.2, -0.15) is 5.10 Å². The zero-order valence-corrected chi connectivity index (χ0v) is 18.0. The van der Waals surface area contributed by atoms with Crippen molar-refractivity contribution in [2.75, 3.05) is 6.61 Å². The van der Waals surface area contributed by atoms with E-state index in [0.29, 0.717) is 24.3 Å². The van der Waals surface area contributed by atoms with Crippen molar-refractivity contribution in [3.8, 4) is 5.75 Å². The van der Waals surface area contributed by atoms with Crippen molar-refractivity contribution in [2.45, 2.75) is 13.0 Å². The molecule has 0 aliphatic heterocycles. The van der Waals surface area contributed by atoms with Crippen molar-refractivity contribution in [3.05, 3.63) is 120 Å². The summed E-state index contributed by atoms with van der Waals surface area (Å²) in [5.74, 6) is -0.220. The van der Waals surface area contributed by atoms with Crippen LogP contribution in [0.25, 0.3) is 0 Å². The molecule has 2 N–H and O–H groups in total. The van der Waals surface area contributed by atoms with Crippen molar-refractivity contribution >= 4 is 11.8 Å². The molecule has 7 nitrogen and oxygen atoms in total. The van der Waals surface area contributed by atoms with Crippen molar-refractivity contribution in [3.63, 3.8) is 0 Å². The first-order chi connectivity index (χ1) is 16.2. The molecule has 0 saturated carbocycles. The maximum Gasteiger partial charge on any atom is 0.276 e. The SMILES string of the molecule is O=C(COc1ccccc1Cc1ccccc1)NNC(=O)c1ccc(Cn2cccn2)cc1. The van der Waals surface area contributed by atoms with Crippen molar-refractivity contribution in [2.24, 2.45) is 0 Å². The summed E-state index contributed by atoms with van der Waals surface area (Å²) in [5, 5.41) is 4.16. The lowest BCUT2D eigenvalue weighted by molar-refractivity contribution is -0.123. The van der Waals surface area contributed by atoms with E-state index in [-0.39, 0.29) is 6.61 Å². The van der Waals surface area contributed by atoms with Crippen LogP contribution in [0.15, 0.2) is 97.3 Å². The van der Waals surface area contributed by atoms with E-state index in [4.69, 9.17) is 4.74 Å². The smallest absolute Gasteiger partial charge is 0.276 e. The minimum Gasteiger partial charge on any atom is -0.483 e. The minimum atomic E-state index is -0.451. The van der Waals surface area contributed by atoms with Crippen molar-refractivity contribution in [1.29, 1.82) is 0 Å². The predicted octanol–water partition coefficient (Wildman–Crippen LogP) is 3.36. The Morgan fingerprint density at radius 3 is 2.33 bits per heavy atom. The Balaban J connectivity index is 1.25. The molecule has 0 unspecified atom stereocenters. The van der Waals surface area contributed by atoms with Gasteiger partial charge in [-0.1, -0.05) is 60.7 Å². The lowest BCUT2D eigenvalue weighted by Gasteiger charge is -2.12. The van der Waals surface area contributed by atoms with Crippen LogP contribution in [-0.2, 0) is 17.8 Å². The third-order valence-electron chi connectivity index (χ3n) is 5.00. The Bertz CT molecular complexity index is 1190. The summed E-state index contributed by atoms with van der Waals surface area (Å²) in [6, 6.07) is 26.6. The number of para-hydroxylation sites is 1. The van der Waals surface area contributed by atoms with E-state index in [1.165, 1.54) is 0 Å². The zero-order chi connectivity index (χ0) is 22.9. The minimum absolute atomic E-state index is 0.213. The van der Waals surface area contributed by atoms with Gasteiger partial charge in [-0.05, 0) is 41.0 Å². The summed E-state index contributed by atoms with van der Waals surface area (Å²) < 4.78 is 7.50. The summed E-state index contributed by atoms with van der Waals surface area (Å²) in [7, 11) is 0. The van der Waals surface area contributed by atoms with Gasteiger partial charge in [-0.3, -0.25) is 25.1 Å². The fraction of sp³-hybridized carbons (Fsp3) is 0.115. The third-order valence-corrected chi connectivity index (χ3v) is 5.00. The first-order valence-electron chi connectivity index (χ1n) is 10.6. The normalized spacial score (nSPS) is 10.4. The Labute approximate surface area is 192 Å². The first kappa shape index (κ1) is 21.8. The molecule has 0 aliphatic carbocycles. The molecule has 0 radical (unpaired) electrons. The molecule has 33 heavy (non-hydrogen) atoms. The summed E-state index contributed by atoms with van der Waals surface area (Å²) in [5.41, 5.74) is 8.40. The van der Waals surface area contributed by atoms with Gasteiger partial charge in [-0.15, -0.1) is 0 Å². The average molecular weight is 441 g/mol. The Kier molecular flexibility index (Phi) is 7.12. The maximum atomic E-state index is 12.3. The van der Waals surface area contributed by atoms with Gasteiger partial charge in [-0.25, -0.2) is 0 Å². The van der Waals surface area contributed by atoms with Crippen LogP contribution in [0.5, 0.6) is 5.75 Å². The van der Waals surface area contributed by atoms with E-state index >= 15 is 0 Å². The van der Waals surface area contributed by atoms with E-state index in [1.807, 2.05) is 79.0 Å². The number of nitrogens with one attached hydrogen (secondary N) is 2. The van der Waals surface area contributed by atoms with Crippen LogP contribution in [0.4, 0.5) is 0 Å². The third kappa shape index (κ3) is 6.30. The number of hydrogen-bond acceptors (Lipinski definition) is 4. The number of benzene rings is 3. The molecule has 4 rings (SSSR count). The maximum absolute atomic E-state index is 12.3. The van der Waals surface area contributed by atoms with Crippen molar-refractivity contribution in [1.82, 2.24) is 20.6 Å². The van der Waals surface area contributed by atoms with Gasteiger partial charge in [0.05, 0.1) is 6.54 Å². The van der Waals surface area contributed by atoms with Gasteiger partial charge in [0, 0.05) is 24.4 Å². The fourth-order valence-electron chi connectivity index (χ4n) is 3.33.